The Morgan fingerprint density at radius 1 is 1.09 bits per heavy atom. The molecule has 1 fully saturated rings. The molecule has 0 amide bonds. The number of ether oxygens (including phenoxy) is 1. The third-order valence-electron chi connectivity index (χ3n) is 7.37. The van der Waals surface area contributed by atoms with Gasteiger partial charge in [0.1, 0.15) is 0 Å². The fourth-order valence-electron chi connectivity index (χ4n) is 5.41. The van der Waals surface area contributed by atoms with E-state index in [0.29, 0.717) is 11.8 Å². The van der Waals surface area contributed by atoms with Gasteiger partial charge in [0.2, 0.25) is 0 Å². The van der Waals surface area contributed by atoms with Crippen molar-refractivity contribution in [1.82, 2.24) is 5.43 Å². The Hall–Kier alpha value is -1.99. The Labute approximate surface area is 200 Å². The van der Waals surface area contributed by atoms with Crippen LogP contribution in [-0.4, -0.2) is 22.4 Å². The first kappa shape index (κ1) is 23.2. The normalized spacial score (nSPS) is 28.0. The van der Waals surface area contributed by atoms with Gasteiger partial charge in [0, 0.05) is 0 Å². The van der Waals surface area contributed by atoms with Gasteiger partial charge in [0.05, 0.1) is 0 Å². The molecule has 168 valence electrons. The van der Waals surface area contributed by atoms with Crippen LogP contribution in [-0.2, 0) is 26.0 Å². The monoisotopic (exact) mass is 466 g/mol. The molecule has 32 heavy (non-hydrogen) atoms. The number of hydrogen-bond donors (Lipinski definition) is 1. The minimum absolute atomic E-state index is 0.0323. The van der Waals surface area contributed by atoms with Crippen LogP contribution in [0.2, 0.25) is 0 Å². The first-order chi connectivity index (χ1) is 15.4. The molecule has 0 unspecified atom stereocenters. The first-order valence-electron chi connectivity index (χ1n) is 11.7. The van der Waals surface area contributed by atoms with Crippen LogP contribution in [0.5, 0.6) is 0 Å². The summed E-state index contributed by atoms with van der Waals surface area (Å²) in [6, 6.07) is 21.4. The summed E-state index contributed by atoms with van der Waals surface area (Å²) < 4.78 is 7.58. The van der Waals surface area contributed by atoms with E-state index in [1.807, 2.05) is 12.1 Å². The summed E-state index contributed by atoms with van der Waals surface area (Å²) in [6.45, 7) is 11.1. The number of hydrogen-bond acceptors (Lipinski definition) is 3. The second-order valence-corrected chi connectivity index (χ2v) is 10.4. The van der Waals surface area contributed by atoms with E-state index in [-0.39, 0.29) is 23.5 Å². The fourth-order valence-corrected chi connectivity index (χ4v) is 5.87. The van der Waals surface area contributed by atoms with E-state index in [4.69, 9.17) is 4.74 Å². The van der Waals surface area contributed by atoms with Gasteiger partial charge in [-0.3, -0.25) is 0 Å². The molecule has 0 saturated heterocycles. The van der Waals surface area contributed by atoms with Crippen LogP contribution in [0.4, 0.5) is 0 Å². The summed E-state index contributed by atoms with van der Waals surface area (Å²) in [5.41, 5.74) is 6.82. The Balaban J connectivity index is 1.58. The van der Waals surface area contributed by atoms with Crippen LogP contribution >= 0.6 is 0 Å². The molecule has 4 heteroatoms. The molecule has 1 saturated carbocycles. The number of nitrogens with zero attached hydrogens (tertiary/aromatic N) is 1. The molecule has 3 nitrogen and oxygen atoms in total. The quantitative estimate of drug-likeness (QED) is 0.527. The second kappa shape index (κ2) is 9.88. The second-order valence-electron chi connectivity index (χ2n) is 9.83. The number of nitrogens with one attached hydrogen (secondary N) is 1. The summed E-state index contributed by atoms with van der Waals surface area (Å²) in [6.07, 6.45) is 5.56. The van der Waals surface area contributed by atoms with Crippen molar-refractivity contribution >= 4 is 10.3 Å². The molecule has 2 aromatic carbocycles. The van der Waals surface area contributed by atoms with E-state index >= 15 is 0 Å². The molecular weight excluding hydrogens is 432 g/mol. The van der Waals surface area contributed by atoms with Crippen molar-refractivity contribution in [3.8, 4) is 0 Å². The van der Waals surface area contributed by atoms with Crippen molar-refractivity contribution in [3.63, 3.8) is 0 Å². The molecule has 1 heterocycles. The maximum atomic E-state index is 6.77. The molecular formula is C28H34CrN2O. The molecule has 0 radical (unpaired) electrons. The molecule has 2 aromatic rings. The number of benzene rings is 2. The zero-order valence-electron chi connectivity index (χ0n) is 19.3. The number of hydrazone groups is 1. The molecule has 1 aliphatic heterocycles. The van der Waals surface area contributed by atoms with Gasteiger partial charge >= 0.3 is 201 Å². The predicted molar refractivity (Wildman–Crippen MR) is 130 cm³/mol. The molecule has 0 aromatic heterocycles. The topological polar surface area (TPSA) is 33.6 Å². The summed E-state index contributed by atoms with van der Waals surface area (Å²) in [4.78, 5) is 0. The van der Waals surface area contributed by atoms with Gasteiger partial charge in [-0.15, -0.1) is 0 Å². The van der Waals surface area contributed by atoms with Crippen molar-refractivity contribution in [3.05, 3.63) is 84.4 Å². The van der Waals surface area contributed by atoms with E-state index in [1.54, 1.807) is 0 Å². The minimum atomic E-state index is 0.0323. The third-order valence-corrected chi connectivity index (χ3v) is 7.84. The molecule has 5 atom stereocenters. The summed E-state index contributed by atoms with van der Waals surface area (Å²) in [5.74, 6) is 1.18. The van der Waals surface area contributed by atoms with Crippen LogP contribution in [0.3, 0.4) is 0 Å². The zero-order chi connectivity index (χ0) is 22.7. The van der Waals surface area contributed by atoms with Gasteiger partial charge in [0.15, 0.2) is 0 Å². The van der Waals surface area contributed by atoms with Crippen LogP contribution in [0.15, 0.2) is 78.4 Å². The van der Waals surface area contributed by atoms with Gasteiger partial charge < -0.3 is 0 Å². The van der Waals surface area contributed by atoms with Gasteiger partial charge in [-0.2, -0.15) is 0 Å². The standard InChI is InChI=1S/C28H34N2O.Cr/c1-5-24-27(21-12-8-6-9-13-21)25(30-29-24)19-31-26-18-20(2)16-17-23(26)28(3,4)22-14-10-7-11-15-22;/h5-15,20,23-24,26-27,29H,1,16-18H2,2-4H3;/t20-,23-,24+,26-,27+;/m1./s1. The Kier molecular flexibility index (Phi) is 7.15. The fraction of sp³-hybridized carbons (Fsp3) is 0.429. The van der Waals surface area contributed by atoms with Gasteiger partial charge in [-0.05, 0) is 0 Å². The summed E-state index contributed by atoms with van der Waals surface area (Å²) >= 11 is 3.23. The number of rotatable bonds is 7. The Morgan fingerprint density at radius 2 is 1.75 bits per heavy atom. The van der Waals surface area contributed by atoms with E-state index < -0.39 is 0 Å². The van der Waals surface area contributed by atoms with E-state index in [9.17, 15) is 0 Å². The van der Waals surface area contributed by atoms with Crippen molar-refractivity contribution < 1.29 is 20.6 Å². The van der Waals surface area contributed by atoms with Crippen molar-refractivity contribution in [2.24, 2.45) is 16.9 Å². The molecule has 0 bridgehead atoms. The SMILES string of the molecule is C=C[C@@H]1NN=C([C](=[Cr])O[C@@H]2C[C@H](C)CC[C@H]2C(C)(C)c2ccccc2)[C@H]1c1ccccc1. The van der Waals surface area contributed by atoms with Gasteiger partial charge in [0.25, 0.3) is 0 Å². The van der Waals surface area contributed by atoms with Gasteiger partial charge in [-0.25, -0.2) is 0 Å². The molecule has 2 aliphatic rings. The van der Waals surface area contributed by atoms with E-state index in [1.165, 1.54) is 24.0 Å². The van der Waals surface area contributed by atoms with Gasteiger partial charge in [-0.1, -0.05) is 0 Å². The molecule has 0 spiro atoms. The third kappa shape index (κ3) is 4.69. The van der Waals surface area contributed by atoms with E-state index in [0.717, 1.165) is 16.7 Å². The van der Waals surface area contributed by atoms with Crippen LogP contribution in [0.25, 0.3) is 0 Å². The molecule has 1 N–H and O–H groups in total. The Morgan fingerprint density at radius 3 is 2.41 bits per heavy atom. The zero-order valence-corrected chi connectivity index (χ0v) is 20.6. The average molecular weight is 467 g/mol. The first-order valence-corrected chi connectivity index (χ1v) is 12.3. The summed E-state index contributed by atoms with van der Waals surface area (Å²) in [5, 5.41) is 4.68. The van der Waals surface area contributed by atoms with Crippen LogP contribution in [0, 0.1) is 11.8 Å². The van der Waals surface area contributed by atoms with Crippen molar-refractivity contribution in [1.29, 1.82) is 0 Å². The summed E-state index contributed by atoms with van der Waals surface area (Å²) in [7, 11) is 0. The predicted octanol–water partition coefficient (Wildman–Crippen LogP) is 5.76. The maximum absolute atomic E-state index is 6.77. The molecule has 4 rings (SSSR count). The van der Waals surface area contributed by atoms with Crippen LogP contribution < -0.4 is 5.43 Å². The van der Waals surface area contributed by atoms with Crippen molar-refractivity contribution in [2.75, 3.05) is 0 Å². The van der Waals surface area contributed by atoms with E-state index in [2.05, 4.69) is 108 Å². The van der Waals surface area contributed by atoms with Crippen LogP contribution in [0.1, 0.15) is 57.1 Å². The average Bonchev–Trinajstić information content (AvgIpc) is 3.24. The van der Waals surface area contributed by atoms with Crippen molar-refractivity contribution in [2.45, 2.75) is 63.5 Å². The Bertz CT molecular complexity index is 969. The molecule has 1 aliphatic carbocycles.